The average Bonchev–Trinajstić information content (AvgIpc) is 3.52. The van der Waals surface area contributed by atoms with E-state index in [1.165, 1.54) is 12.0 Å². The van der Waals surface area contributed by atoms with Gasteiger partial charge in [0.25, 0.3) is 11.8 Å². The number of urea groups is 1. The molecule has 2 fully saturated rings. The van der Waals surface area contributed by atoms with Crippen molar-refractivity contribution in [3.05, 3.63) is 47.1 Å². The Balaban J connectivity index is 1.44. The van der Waals surface area contributed by atoms with Crippen LogP contribution in [-0.2, 0) is 11.3 Å². The van der Waals surface area contributed by atoms with Gasteiger partial charge in [-0.25, -0.2) is 4.79 Å². The molecule has 0 aromatic heterocycles. The van der Waals surface area contributed by atoms with E-state index in [4.69, 9.17) is 4.74 Å². The maximum atomic E-state index is 12.9. The standard InChI is InChI=1S/C23H18N4O4/c1-31-18-7-5-16-12-27(20(28)19(16)10-18)13-23(21(29)25-22(30)26-23)9-8-17-6-4-15(11-24-17)14-2-3-14/h4-7,10,14H,2-3,12-13H2,1H3,(H-,25,26,29,30)/p+1/t23-/m1/s1. The van der Waals surface area contributed by atoms with Gasteiger partial charge in [0.2, 0.25) is 5.54 Å². The summed E-state index contributed by atoms with van der Waals surface area (Å²) in [6, 6.07) is 4.63. The fraction of sp³-hybridized carbons (Fsp3) is 0.304. The third-order valence-electron chi connectivity index (χ3n) is 5.71. The van der Waals surface area contributed by atoms with Gasteiger partial charge in [0, 0.05) is 24.1 Å². The van der Waals surface area contributed by atoms with Crippen LogP contribution in [0.5, 0.6) is 5.75 Å². The van der Waals surface area contributed by atoms with E-state index in [1.54, 1.807) is 18.2 Å². The van der Waals surface area contributed by atoms with Gasteiger partial charge < -0.3 is 15.0 Å². The van der Waals surface area contributed by atoms with Crippen molar-refractivity contribution in [3.8, 4) is 17.6 Å². The number of nitrogens with one attached hydrogen (secondary N) is 2. The lowest BCUT2D eigenvalue weighted by molar-refractivity contribution is -0.122. The molecule has 4 aliphatic rings. The average molecular weight is 415 g/mol. The van der Waals surface area contributed by atoms with Gasteiger partial charge in [-0.3, -0.25) is 14.9 Å². The van der Waals surface area contributed by atoms with E-state index in [-0.39, 0.29) is 12.5 Å². The molecule has 0 unspecified atom stereocenters. The molecule has 8 heteroatoms. The summed E-state index contributed by atoms with van der Waals surface area (Å²) in [6.45, 7) is 0.226. The summed E-state index contributed by atoms with van der Waals surface area (Å²) in [6.07, 6.45) is 6.01. The Morgan fingerprint density at radius 2 is 2.13 bits per heavy atom. The second-order valence-electron chi connectivity index (χ2n) is 7.92. The number of carbonyl (C=O) groups excluding carboxylic acids is 3. The van der Waals surface area contributed by atoms with Crippen LogP contribution in [-0.4, -0.2) is 53.5 Å². The van der Waals surface area contributed by atoms with E-state index in [2.05, 4.69) is 33.0 Å². The summed E-state index contributed by atoms with van der Waals surface area (Å²) >= 11 is 0. The van der Waals surface area contributed by atoms with Gasteiger partial charge in [0.15, 0.2) is 0 Å². The van der Waals surface area contributed by atoms with E-state index in [9.17, 15) is 14.4 Å². The number of ether oxygens (including phenoxy) is 1. The first-order valence-electron chi connectivity index (χ1n) is 9.99. The normalized spacial score (nSPS) is 23.5. The first kappa shape index (κ1) is 19.0. The Morgan fingerprint density at radius 1 is 1.29 bits per heavy atom. The number of imide groups is 1. The molecule has 0 radical (unpaired) electrons. The Morgan fingerprint density at radius 3 is 2.77 bits per heavy atom. The first-order chi connectivity index (χ1) is 15.0. The number of benzene rings is 1. The van der Waals surface area contributed by atoms with Crippen molar-refractivity contribution in [2.75, 3.05) is 13.7 Å². The molecule has 31 heavy (non-hydrogen) atoms. The highest BCUT2D eigenvalue weighted by Gasteiger charge is 2.48. The van der Waals surface area contributed by atoms with Crippen molar-refractivity contribution in [2.45, 2.75) is 24.9 Å². The van der Waals surface area contributed by atoms with Crippen LogP contribution in [0.3, 0.4) is 0 Å². The molecule has 0 spiro atoms. The number of allylic oxidation sites excluding steroid dienone is 3. The zero-order chi connectivity index (χ0) is 21.6. The highest BCUT2D eigenvalue weighted by atomic mass is 16.5. The fourth-order valence-corrected chi connectivity index (χ4v) is 3.84. The fourth-order valence-electron chi connectivity index (χ4n) is 3.84. The predicted molar refractivity (Wildman–Crippen MR) is 112 cm³/mol. The minimum atomic E-state index is -1.56. The van der Waals surface area contributed by atoms with Crippen LogP contribution in [0.25, 0.3) is 0 Å². The van der Waals surface area contributed by atoms with Crippen LogP contribution in [0.1, 0.15) is 28.8 Å². The molecular weight excluding hydrogens is 396 g/mol. The van der Waals surface area contributed by atoms with Crippen molar-refractivity contribution in [1.29, 1.82) is 0 Å². The highest BCUT2D eigenvalue weighted by molar-refractivity contribution is 6.14. The van der Waals surface area contributed by atoms with Gasteiger partial charge in [-0.1, -0.05) is 6.07 Å². The van der Waals surface area contributed by atoms with Crippen molar-refractivity contribution in [2.24, 2.45) is 5.92 Å². The van der Waals surface area contributed by atoms with Crippen LogP contribution >= 0.6 is 0 Å². The Hall–Kier alpha value is -4.04. The molecule has 8 nitrogen and oxygen atoms in total. The minimum Gasteiger partial charge on any atom is -0.497 e. The lowest BCUT2D eigenvalue weighted by Crippen LogP contribution is -2.54. The molecule has 3 aliphatic heterocycles. The van der Waals surface area contributed by atoms with Crippen molar-refractivity contribution < 1.29 is 19.1 Å². The molecule has 1 aliphatic carbocycles. The molecule has 1 aromatic rings. The quantitative estimate of drug-likeness (QED) is 0.420. The monoisotopic (exact) mass is 415 g/mol. The third-order valence-corrected chi connectivity index (χ3v) is 5.71. The Bertz CT molecular complexity index is 1230. The Kier molecular flexibility index (Phi) is 4.30. The maximum Gasteiger partial charge on any atom is 0.391 e. The van der Waals surface area contributed by atoms with Gasteiger partial charge in [0.05, 0.1) is 19.2 Å². The third kappa shape index (κ3) is 3.43. The lowest BCUT2D eigenvalue weighted by Gasteiger charge is -2.26. The zero-order valence-electron chi connectivity index (χ0n) is 16.8. The number of nitrogens with zero attached hydrogens (tertiary/aromatic N) is 2. The first-order valence-corrected chi connectivity index (χ1v) is 9.99. The van der Waals surface area contributed by atoms with E-state index < -0.39 is 17.5 Å². The number of carbonyl (C=O) groups is 3. The number of hydrogen-bond acceptors (Lipinski definition) is 4. The minimum absolute atomic E-state index is 0.0860. The molecule has 1 aromatic carbocycles. The molecule has 1 saturated carbocycles. The zero-order valence-corrected chi connectivity index (χ0v) is 16.8. The van der Waals surface area contributed by atoms with Crippen LogP contribution in [0, 0.1) is 17.8 Å². The van der Waals surface area contributed by atoms with Gasteiger partial charge >= 0.3 is 17.6 Å². The van der Waals surface area contributed by atoms with Crippen molar-refractivity contribution >= 4 is 29.4 Å². The van der Waals surface area contributed by atoms with Crippen LogP contribution < -0.4 is 20.0 Å². The number of hydrogen-bond donors (Lipinski definition) is 2. The Labute approximate surface area is 178 Å². The summed E-state index contributed by atoms with van der Waals surface area (Å²) in [5.41, 5.74) is 1.28. The van der Waals surface area contributed by atoms with Gasteiger partial charge in [-0.2, -0.15) is 0 Å². The van der Waals surface area contributed by atoms with Gasteiger partial charge in [-0.15, -0.1) is 0 Å². The summed E-state index contributed by atoms with van der Waals surface area (Å²) in [4.78, 5) is 39.0. The lowest BCUT2D eigenvalue weighted by atomic mass is 9.99. The number of rotatable bonds is 4. The molecule has 5 rings (SSSR count). The number of amides is 4. The smallest absolute Gasteiger partial charge is 0.391 e. The summed E-state index contributed by atoms with van der Waals surface area (Å²) in [7, 11) is 1.53. The largest absolute Gasteiger partial charge is 0.497 e. The van der Waals surface area contributed by atoms with E-state index in [0.717, 1.165) is 24.0 Å². The molecule has 1 atom stereocenters. The van der Waals surface area contributed by atoms with Crippen LogP contribution in [0.4, 0.5) is 4.79 Å². The second kappa shape index (κ2) is 7.03. The summed E-state index contributed by atoms with van der Waals surface area (Å²) in [5, 5.41) is 4.82. The second-order valence-corrected chi connectivity index (χ2v) is 7.92. The molecule has 154 valence electrons. The summed E-state index contributed by atoms with van der Waals surface area (Å²) in [5.74, 6) is 8.99. The molecule has 1 saturated heterocycles. The van der Waals surface area contributed by atoms with Gasteiger partial charge in [-0.05, 0) is 53.1 Å². The molecular formula is C23H19N4O4+. The van der Waals surface area contributed by atoms with E-state index in [1.807, 2.05) is 12.1 Å². The van der Waals surface area contributed by atoms with Crippen LogP contribution in [0.15, 0.2) is 35.9 Å². The van der Waals surface area contributed by atoms with Crippen LogP contribution in [0.2, 0.25) is 0 Å². The molecule has 0 bridgehead atoms. The maximum absolute atomic E-state index is 12.9. The van der Waals surface area contributed by atoms with Crippen molar-refractivity contribution in [1.82, 2.24) is 20.2 Å². The van der Waals surface area contributed by atoms with E-state index in [0.29, 0.717) is 29.5 Å². The topological polar surface area (TPSA) is 102 Å². The van der Waals surface area contributed by atoms with E-state index >= 15 is 0 Å². The summed E-state index contributed by atoms with van der Waals surface area (Å²) < 4.78 is 9.43. The molecule has 2 N–H and O–H groups in total. The predicted octanol–water partition coefficient (Wildman–Crippen LogP) is 0.317. The number of methoxy groups -OCH3 is 1. The highest BCUT2D eigenvalue weighted by Crippen LogP contribution is 2.35. The molecule has 3 heterocycles. The van der Waals surface area contributed by atoms with Gasteiger partial charge in [0.1, 0.15) is 5.75 Å². The SMILES string of the molecule is COc1ccc2c(c1)C(=O)N(C[C@@]1(C#CC3=[N+]=C=C(C4CC4)C=C3)NC(=O)NC1=O)C2. The number of fused-ring (bicyclic) bond motifs is 1. The van der Waals surface area contributed by atoms with Crippen molar-refractivity contribution in [3.63, 3.8) is 0 Å². The molecule has 4 amide bonds.